The molecule has 0 unspecified atom stereocenters. The van der Waals surface area contributed by atoms with Crippen molar-refractivity contribution in [2.45, 2.75) is 18.9 Å². The molecule has 0 aliphatic carbocycles. The van der Waals surface area contributed by atoms with Crippen molar-refractivity contribution in [3.63, 3.8) is 0 Å². The van der Waals surface area contributed by atoms with Gasteiger partial charge >= 0.3 is 11.7 Å². The fourth-order valence-electron chi connectivity index (χ4n) is 1.96. The van der Waals surface area contributed by atoms with E-state index in [1.807, 2.05) is 0 Å². The predicted octanol–water partition coefficient (Wildman–Crippen LogP) is 1.01. The van der Waals surface area contributed by atoms with Gasteiger partial charge in [-0.2, -0.15) is 0 Å². The molecule has 2 rings (SSSR count). The Balaban J connectivity index is 2.23. The van der Waals surface area contributed by atoms with Gasteiger partial charge in [-0.25, -0.2) is 9.78 Å². The molecule has 0 radical (unpaired) electrons. The molecular weight excluding hydrogens is 286 g/mol. The Morgan fingerprint density at radius 2 is 2.10 bits per heavy atom. The number of anilines is 1. The molecule has 9 heteroatoms. The Kier molecular flexibility index (Phi) is 4.28. The third-order valence-corrected chi connectivity index (χ3v) is 4.40. The molecule has 2 N–H and O–H groups in total. The first-order chi connectivity index (χ1) is 9.47. The predicted molar refractivity (Wildman–Crippen MR) is 72.4 cm³/mol. The van der Waals surface area contributed by atoms with E-state index < -0.39 is 21.7 Å². The van der Waals surface area contributed by atoms with Crippen molar-refractivity contribution in [2.75, 3.05) is 16.8 Å². The maximum absolute atomic E-state index is 11.3. The highest BCUT2D eigenvalue weighted by Gasteiger charge is 2.23. The maximum Gasteiger partial charge on any atom is 0.354 e. The zero-order chi connectivity index (χ0) is 14.7. The molecule has 20 heavy (non-hydrogen) atoms. The highest BCUT2D eigenvalue weighted by molar-refractivity contribution is 7.85. The second kappa shape index (κ2) is 5.95. The summed E-state index contributed by atoms with van der Waals surface area (Å²) in [5.41, 5.74) is -0.515. The van der Waals surface area contributed by atoms with Crippen LogP contribution in [0.25, 0.3) is 0 Å². The first-order valence-electron chi connectivity index (χ1n) is 5.97. The summed E-state index contributed by atoms with van der Waals surface area (Å²) < 4.78 is 11.3. The Labute approximate surface area is 116 Å². The van der Waals surface area contributed by atoms with Crippen molar-refractivity contribution in [1.82, 2.24) is 4.98 Å². The lowest BCUT2D eigenvalue weighted by atomic mass is 10.1. The van der Waals surface area contributed by atoms with E-state index in [9.17, 15) is 19.1 Å². The van der Waals surface area contributed by atoms with E-state index in [0.29, 0.717) is 24.3 Å². The monoisotopic (exact) mass is 299 g/mol. The van der Waals surface area contributed by atoms with Crippen molar-refractivity contribution in [1.29, 1.82) is 0 Å². The number of pyridine rings is 1. The molecule has 1 aromatic rings. The lowest BCUT2D eigenvalue weighted by Crippen LogP contribution is -2.30. The minimum Gasteiger partial charge on any atom is -0.477 e. The molecule has 8 nitrogen and oxygen atoms in total. The SMILES string of the molecule is O=C(O)c1ccc([N+](=O)[O-])c(NC2CCS(=O)CC2)n1. The number of aromatic nitrogens is 1. The van der Waals surface area contributed by atoms with Crippen LogP contribution < -0.4 is 5.32 Å². The number of carboxylic acids is 1. The third kappa shape index (κ3) is 3.29. The van der Waals surface area contributed by atoms with Gasteiger partial charge in [-0.05, 0) is 18.9 Å². The van der Waals surface area contributed by atoms with Gasteiger partial charge in [0, 0.05) is 34.4 Å². The first kappa shape index (κ1) is 14.4. The van der Waals surface area contributed by atoms with Crippen LogP contribution in [0.4, 0.5) is 11.5 Å². The summed E-state index contributed by atoms with van der Waals surface area (Å²) in [5.74, 6) is -0.228. The summed E-state index contributed by atoms with van der Waals surface area (Å²) in [6, 6.07) is 2.14. The molecule has 0 spiro atoms. The van der Waals surface area contributed by atoms with Gasteiger partial charge in [-0.1, -0.05) is 0 Å². The van der Waals surface area contributed by atoms with E-state index in [1.165, 1.54) is 0 Å². The van der Waals surface area contributed by atoms with Crippen molar-refractivity contribution < 1.29 is 19.0 Å². The van der Waals surface area contributed by atoms with Crippen LogP contribution >= 0.6 is 0 Å². The molecule has 0 atom stereocenters. The third-order valence-electron chi connectivity index (χ3n) is 3.02. The van der Waals surface area contributed by atoms with Gasteiger partial charge in [0.1, 0.15) is 0 Å². The van der Waals surface area contributed by atoms with E-state index in [-0.39, 0.29) is 23.2 Å². The minimum atomic E-state index is -1.24. The lowest BCUT2D eigenvalue weighted by Gasteiger charge is -2.22. The molecule has 1 aromatic heterocycles. The second-order valence-electron chi connectivity index (χ2n) is 4.39. The minimum absolute atomic E-state index is 0.0485. The second-order valence-corrected chi connectivity index (χ2v) is 6.09. The molecule has 0 saturated carbocycles. The van der Waals surface area contributed by atoms with Crippen LogP contribution in [0.5, 0.6) is 0 Å². The Bertz CT molecular complexity index is 567. The summed E-state index contributed by atoms with van der Waals surface area (Å²) in [4.78, 5) is 25.0. The molecule has 1 fully saturated rings. The molecule has 1 aliphatic heterocycles. The van der Waals surface area contributed by atoms with Crippen LogP contribution in [0.2, 0.25) is 0 Å². The summed E-state index contributed by atoms with van der Waals surface area (Å²) in [6.45, 7) is 0. The quantitative estimate of drug-likeness (QED) is 0.628. The van der Waals surface area contributed by atoms with E-state index in [1.54, 1.807) is 0 Å². The van der Waals surface area contributed by atoms with Crippen molar-refractivity contribution >= 4 is 28.3 Å². The largest absolute Gasteiger partial charge is 0.477 e. The molecule has 1 aliphatic rings. The lowest BCUT2D eigenvalue weighted by molar-refractivity contribution is -0.384. The molecule has 0 aromatic carbocycles. The number of aromatic carboxylic acids is 1. The van der Waals surface area contributed by atoms with E-state index in [2.05, 4.69) is 10.3 Å². The summed E-state index contributed by atoms with van der Waals surface area (Å²) in [7, 11) is -0.833. The van der Waals surface area contributed by atoms with Crippen LogP contribution in [0, 0.1) is 10.1 Å². The van der Waals surface area contributed by atoms with Crippen molar-refractivity contribution in [3.05, 3.63) is 27.9 Å². The molecule has 108 valence electrons. The van der Waals surface area contributed by atoms with Crippen molar-refractivity contribution in [3.8, 4) is 0 Å². The van der Waals surface area contributed by atoms with Gasteiger partial charge < -0.3 is 10.4 Å². The molecule has 2 heterocycles. The zero-order valence-electron chi connectivity index (χ0n) is 10.4. The number of carbonyl (C=O) groups is 1. The molecule has 0 amide bonds. The molecule has 1 saturated heterocycles. The number of hydrogen-bond donors (Lipinski definition) is 2. The van der Waals surface area contributed by atoms with Gasteiger partial charge in [0.2, 0.25) is 5.82 Å². The van der Waals surface area contributed by atoms with Gasteiger partial charge in [-0.3, -0.25) is 14.3 Å². The fraction of sp³-hybridized carbons (Fsp3) is 0.455. The summed E-state index contributed by atoms with van der Waals surface area (Å²) >= 11 is 0. The van der Waals surface area contributed by atoms with Crippen LogP contribution in [0.15, 0.2) is 12.1 Å². The summed E-state index contributed by atoms with van der Waals surface area (Å²) in [6.07, 6.45) is 1.23. The Hall–Kier alpha value is -2.03. The van der Waals surface area contributed by atoms with Gasteiger partial charge in [0.05, 0.1) is 4.92 Å². The highest BCUT2D eigenvalue weighted by atomic mass is 32.2. The highest BCUT2D eigenvalue weighted by Crippen LogP contribution is 2.25. The van der Waals surface area contributed by atoms with Crippen LogP contribution in [0.1, 0.15) is 23.3 Å². The Morgan fingerprint density at radius 3 is 2.65 bits per heavy atom. The first-order valence-corrected chi connectivity index (χ1v) is 7.46. The number of nitro groups is 1. The van der Waals surface area contributed by atoms with E-state index in [4.69, 9.17) is 5.11 Å². The average molecular weight is 299 g/mol. The van der Waals surface area contributed by atoms with Crippen LogP contribution in [-0.4, -0.2) is 42.7 Å². The number of carboxylic acid groups (broad SMARTS) is 1. The van der Waals surface area contributed by atoms with Gasteiger partial charge in [0.25, 0.3) is 0 Å². The van der Waals surface area contributed by atoms with Gasteiger partial charge in [-0.15, -0.1) is 0 Å². The van der Waals surface area contributed by atoms with E-state index >= 15 is 0 Å². The maximum atomic E-state index is 11.3. The smallest absolute Gasteiger partial charge is 0.354 e. The zero-order valence-corrected chi connectivity index (χ0v) is 11.3. The van der Waals surface area contributed by atoms with Crippen LogP contribution in [-0.2, 0) is 10.8 Å². The normalized spacial score (nSPS) is 22.2. The van der Waals surface area contributed by atoms with E-state index in [0.717, 1.165) is 12.1 Å². The number of hydrogen-bond acceptors (Lipinski definition) is 6. The van der Waals surface area contributed by atoms with Crippen molar-refractivity contribution in [2.24, 2.45) is 0 Å². The number of nitrogens with zero attached hydrogens (tertiary/aromatic N) is 2. The molecule has 0 bridgehead atoms. The fourth-order valence-corrected chi connectivity index (χ4v) is 3.25. The standard InChI is InChI=1S/C11H13N3O5S/c15-11(16)8-1-2-9(14(17)18)10(13-8)12-7-3-5-20(19)6-4-7/h1-2,7H,3-6H2,(H,12,13)(H,15,16). The van der Waals surface area contributed by atoms with Gasteiger partial charge in [0.15, 0.2) is 5.69 Å². The molecular formula is C11H13N3O5S. The summed E-state index contributed by atoms with van der Waals surface area (Å²) in [5, 5.41) is 22.7. The Morgan fingerprint density at radius 1 is 1.45 bits per heavy atom. The number of nitrogens with one attached hydrogen (secondary N) is 1. The van der Waals surface area contributed by atoms with Crippen LogP contribution in [0.3, 0.4) is 0 Å². The number of rotatable bonds is 4. The average Bonchev–Trinajstić information content (AvgIpc) is 2.41. The topological polar surface area (TPSA) is 122 Å².